The molecule has 0 aliphatic carbocycles. The summed E-state index contributed by atoms with van der Waals surface area (Å²) in [5.74, 6) is 0.682. The Hall–Kier alpha value is -4.83. The van der Waals surface area contributed by atoms with E-state index in [1.165, 1.54) is 12.1 Å². The number of rotatable bonds is 13. The van der Waals surface area contributed by atoms with Crippen LogP contribution in [0.3, 0.4) is 0 Å². The van der Waals surface area contributed by atoms with E-state index in [1.807, 2.05) is 79.2 Å². The zero-order valence-electron chi connectivity index (χ0n) is 25.3. The molecule has 5 aromatic rings. The Bertz CT molecular complexity index is 1730. The van der Waals surface area contributed by atoms with Gasteiger partial charge < -0.3 is 19.6 Å². The number of carbonyl (C=O) groups is 2. The van der Waals surface area contributed by atoms with Gasteiger partial charge in [-0.3, -0.25) is 14.5 Å². The van der Waals surface area contributed by atoms with E-state index in [0.717, 1.165) is 41.5 Å². The van der Waals surface area contributed by atoms with E-state index >= 15 is 0 Å². The van der Waals surface area contributed by atoms with Gasteiger partial charge in [0.15, 0.2) is 5.76 Å². The van der Waals surface area contributed by atoms with E-state index in [2.05, 4.69) is 15.3 Å². The fourth-order valence-corrected chi connectivity index (χ4v) is 5.10. The number of nitrogens with zero attached hydrogens (tertiary/aromatic N) is 4. The molecule has 0 spiro atoms. The highest BCUT2D eigenvalue weighted by atomic mass is 19.1. The van der Waals surface area contributed by atoms with Crippen molar-refractivity contribution in [1.29, 1.82) is 0 Å². The maximum absolute atomic E-state index is 14.9. The van der Waals surface area contributed by atoms with E-state index in [-0.39, 0.29) is 29.9 Å². The van der Waals surface area contributed by atoms with Crippen LogP contribution in [0.5, 0.6) is 0 Å². The van der Waals surface area contributed by atoms with Crippen molar-refractivity contribution < 1.29 is 18.4 Å². The van der Waals surface area contributed by atoms with Crippen LogP contribution in [0, 0.1) is 5.82 Å². The van der Waals surface area contributed by atoms with Gasteiger partial charge in [0.1, 0.15) is 11.6 Å². The molecule has 2 aromatic heterocycles. The standard InChI is InChI=1S/C34H37FN6O3/c1-4-15-40(3)22-32(42)39-27-13-12-25(18-26(27)35)34-36-20-30(44-34)24-11-14-28-29(19-24)38-31(37-28)21-41(16-5-2)33(43)17-23-9-7-6-8-10-23/h6-14,18-20H,4-5,15-17,21-22H2,1-3H3,(H,37,38)(H,39,42). The average Bonchev–Trinajstić information content (AvgIpc) is 3.65. The molecule has 2 amide bonds. The Morgan fingerprint density at radius 3 is 2.50 bits per heavy atom. The smallest absolute Gasteiger partial charge is 0.238 e. The molecule has 2 heterocycles. The van der Waals surface area contributed by atoms with Gasteiger partial charge in [-0.15, -0.1) is 0 Å². The van der Waals surface area contributed by atoms with Crippen LogP contribution in [-0.2, 0) is 22.6 Å². The minimum absolute atomic E-state index is 0.0554. The number of hydrogen-bond acceptors (Lipinski definition) is 6. The average molecular weight is 597 g/mol. The number of benzene rings is 3. The van der Waals surface area contributed by atoms with Crippen molar-refractivity contribution in [2.45, 2.75) is 39.7 Å². The Labute approximate surface area is 256 Å². The van der Waals surface area contributed by atoms with Crippen molar-refractivity contribution in [3.63, 3.8) is 0 Å². The lowest BCUT2D eigenvalue weighted by Crippen LogP contribution is -2.33. The van der Waals surface area contributed by atoms with Gasteiger partial charge in [-0.05, 0) is 68.4 Å². The number of carbonyl (C=O) groups excluding carboxylic acids is 2. The number of oxazole rings is 1. The lowest BCUT2D eigenvalue weighted by atomic mass is 10.1. The van der Waals surface area contributed by atoms with Crippen LogP contribution in [0.15, 0.2) is 77.3 Å². The summed E-state index contributed by atoms with van der Waals surface area (Å²) < 4.78 is 20.8. The van der Waals surface area contributed by atoms with Gasteiger partial charge in [-0.2, -0.15) is 0 Å². The summed E-state index contributed by atoms with van der Waals surface area (Å²) in [4.78, 5) is 41.4. The molecule has 3 aromatic carbocycles. The van der Waals surface area contributed by atoms with E-state index in [0.29, 0.717) is 36.7 Å². The fraction of sp³-hybridized carbons (Fsp3) is 0.294. The fourth-order valence-electron chi connectivity index (χ4n) is 5.10. The molecule has 0 saturated carbocycles. The molecule has 0 atom stereocenters. The van der Waals surface area contributed by atoms with Crippen molar-refractivity contribution in [3.8, 4) is 22.8 Å². The molecule has 0 aliphatic heterocycles. The van der Waals surface area contributed by atoms with Crippen LogP contribution < -0.4 is 5.32 Å². The maximum Gasteiger partial charge on any atom is 0.238 e. The number of hydrogen-bond donors (Lipinski definition) is 2. The van der Waals surface area contributed by atoms with Gasteiger partial charge in [-0.25, -0.2) is 14.4 Å². The topological polar surface area (TPSA) is 107 Å². The molecule has 0 bridgehead atoms. The first-order valence-electron chi connectivity index (χ1n) is 14.9. The molecule has 0 unspecified atom stereocenters. The Kier molecular flexibility index (Phi) is 9.81. The van der Waals surface area contributed by atoms with E-state index in [9.17, 15) is 14.0 Å². The van der Waals surface area contributed by atoms with E-state index < -0.39 is 5.82 Å². The van der Waals surface area contributed by atoms with Gasteiger partial charge >= 0.3 is 0 Å². The monoisotopic (exact) mass is 596 g/mol. The van der Waals surface area contributed by atoms with Crippen molar-refractivity contribution in [2.75, 3.05) is 32.0 Å². The first-order chi connectivity index (χ1) is 21.3. The summed E-state index contributed by atoms with van der Waals surface area (Å²) in [5, 5.41) is 2.63. The SMILES string of the molecule is CCCN(C)CC(=O)Nc1ccc(-c2ncc(-c3ccc4nc(CN(CCC)C(=O)Cc5ccccc5)[nH]c4c3)o2)cc1F. The zero-order chi connectivity index (χ0) is 31.1. The number of likely N-dealkylation sites (N-methyl/N-ethyl adjacent to an activating group) is 1. The number of imidazole rings is 1. The third-order valence-electron chi connectivity index (χ3n) is 7.22. The normalized spacial score (nSPS) is 11.3. The molecule has 44 heavy (non-hydrogen) atoms. The number of fused-ring (bicyclic) bond motifs is 1. The Balaban J connectivity index is 1.27. The Morgan fingerprint density at radius 1 is 0.977 bits per heavy atom. The lowest BCUT2D eigenvalue weighted by molar-refractivity contribution is -0.131. The van der Waals surface area contributed by atoms with Crippen LogP contribution in [0.2, 0.25) is 0 Å². The lowest BCUT2D eigenvalue weighted by Gasteiger charge is -2.21. The highest BCUT2D eigenvalue weighted by molar-refractivity contribution is 5.92. The van der Waals surface area contributed by atoms with E-state index in [1.54, 1.807) is 12.3 Å². The largest absolute Gasteiger partial charge is 0.436 e. The third-order valence-corrected chi connectivity index (χ3v) is 7.22. The number of nitrogens with one attached hydrogen (secondary N) is 2. The summed E-state index contributed by atoms with van der Waals surface area (Å²) in [5.41, 5.74) is 3.90. The summed E-state index contributed by atoms with van der Waals surface area (Å²) in [6.45, 7) is 6.07. The minimum Gasteiger partial charge on any atom is -0.436 e. The summed E-state index contributed by atoms with van der Waals surface area (Å²) in [7, 11) is 1.85. The van der Waals surface area contributed by atoms with Crippen LogP contribution in [-0.4, -0.2) is 63.2 Å². The summed E-state index contributed by atoms with van der Waals surface area (Å²) >= 11 is 0. The molecular formula is C34H37FN6O3. The molecule has 0 aliphatic rings. The molecule has 0 saturated heterocycles. The van der Waals surface area contributed by atoms with Crippen LogP contribution in [0.1, 0.15) is 38.1 Å². The summed E-state index contributed by atoms with van der Waals surface area (Å²) in [6.07, 6.45) is 3.71. The van der Waals surface area contributed by atoms with Crippen molar-refractivity contribution >= 4 is 28.5 Å². The molecule has 228 valence electrons. The van der Waals surface area contributed by atoms with Crippen LogP contribution in [0.4, 0.5) is 10.1 Å². The molecule has 0 radical (unpaired) electrons. The van der Waals surface area contributed by atoms with Gasteiger partial charge in [0, 0.05) is 17.7 Å². The quantitative estimate of drug-likeness (QED) is 0.166. The van der Waals surface area contributed by atoms with Crippen molar-refractivity contribution in [2.24, 2.45) is 0 Å². The van der Waals surface area contributed by atoms with Crippen LogP contribution >= 0.6 is 0 Å². The number of halogens is 1. The van der Waals surface area contributed by atoms with Crippen molar-refractivity contribution in [1.82, 2.24) is 24.8 Å². The highest BCUT2D eigenvalue weighted by Crippen LogP contribution is 2.30. The Morgan fingerprint density at radius 2 is 1.75 bits per heavy atom. The highest BCUT2D eigenvalue weighted by Gasteiger charge is 2.17. The number of H-pyrrole nitrogens is 1. The zero-order valence-corrected chi connectivity index (χ0v) is 25.3. The first-order valence-corrected chi connectivity index (χ1v) is 14.9. The van der Waals surface area contributed by atoms with Gasteiger partial charge in [0.25, 0.3) is 0 Å². The second-order valence-electron chi connectivity index (χ2n) is 10.9. The number of aromatic amines is 1. The molecule has 0 fully saturated rings. The molecular weight excluding hydrogens is 559 g/mol. The van der Waals surface area contributed by atoms with E-state index in [4.69, 9.17) is 9.40 Å². The molecule has 10 heteroatoms. The number of aromatic nitrogens is 3. The summed E-state index contributed by atoms with van der Waals surface area (Å²) in [6, 6.07) is 19.9. The minimum atomic E-state index is -0.570. The second kappa shape index (κ2) is 14.1. The van der Waals surface area contributed by atoms with Crippen LogP contribution in [0.25, 0.3) is 33.8 Å². The number of amides is 2. The van der Waals surface area contributed by atoms with Gasteiger partial charge in [0.2, 0.25) is 17.7 Å². The van der Waals surface area contributed by atoms with Gasteiger partial charge in [0.05, 0.1) is 42.4 Å². The second-order valence-corrected chi connectivity index (χ2v) is 10.9. The predicted octanol–water partition coefficient (Wildman–Crippen LogP) is 6.29. The third kappa shape index (κ3) is 7.57. The molecule has 9 nitrogen and oxygen atoms in total. The van der Waals surface area contributed by atoms with Crippen molar-refractivity contribution in [3.05, 3.63) is 90.1 Å². The molecule has 5 rings (SSSR count). The maximum atomic E-state index is 14.9. The predicted molar refractivity (Wildman–Crippen MR) is 169 cm³/mol. The molecule has 2 N–H and O–H groups in total. The van der Waals surface area contributed by atoms with Gasteiger partial charge in [-0.1, -0.05) is 44.2 Å². The number of anilines is 1. The first kappa shape index (κ1) is 30.6.